The van der Waals surface area contributed by atoms with Crippen LogP contribution in [0.3, 0.4) is 0 Å². The van der Waals surface area contributed by atoms with E-state index in [0.29, 0.717) is 5.25 Å². The van der Waals surface area contributed by atoms with Crippen LogP contribution in [0.15, 0.2) is 23.1 Å². The Morgan fingerprint density at radius 2 is 2.29 bits per heavy atom. The Kier molecular flexibility index (Phi) is 4.42. The van der Waals surface area contributed by atoms with Crippen molar-refractivity contribution in [3.63, 3.8) is 0 Å². The van der Waals surface area contributed by atoms with Gasteiger partial charge in [-0.15, -0.1) is 11.8 Å². The van der Waals surface area contributed by atoms with E-state index in [1.807, 2.05) is 6.07 Å². The minimum Gasteiger partial charge on any atom is -0.379 e. The van der Waals surface area contributed by atoms with Gasteiger partial charge in [0.2, 0.25) is 0 Å². The molecule has 17 heavy (non-hydrogen) atoms. The van der Waals surface area contributed by atoms with E-state index in [1.165, 1.54) is 6.07 Å². The first-order valence-corrected chi connectivity index (χ1v) is 6.86. The topological polar surface area (TPSA) is 21.3 Å². The SMILES string of the molecule is CCNC(C)c1cccc(F)c1SC1COC1. The van der Waals surface area contributed by atoms with Gasteiger partial charge in [0.05, 0.1) is 18.5 Å². The second-order valence-corrected chi connectivity index (χ2v) is 5.53. The van der Waals surface area contributed by atoms with Crippen LogP contribution in [-0.2, 0) is 4.74 Å². The Hall–Kier alpha value is -0.580. The number of ether oxygens (including phenoxy) is 1. The fourth-order valence-electron chi connectivity index (χ4n) is 1.86. The third-order valence-corrected chi connectivity index (χ3v) is 4.14. The molecule has 1 fully saturated rings. The molecule has 1 N–H and O–H groups in total. The summed E-state index contributed by atoms with van der Waals surface area (Å²) in [5.41, 5.74) is 1.05. The van der Waals surface area contributed by atoms with Crippen molar-refractivity contribution in [3.8, 4) is 0 Å². The molecule has 0 aliphatic carbocycles. The van der Waals surface area contributed by atoms with E-state index >= 15 is 0 Å². The Balaban J connectivity index is 2.20. The highest BCUT2D eigenvalue weighted by atomic mass is 32.2. The van der Waals surface area contributed by atoms with Crippen molar-refractivity contribution in [2.24, 2.45) is 0 Å². The van der Waals surface area contributed by atoms with Crippen molar-refractivity contribution in [2.75, 3.05) is 19.8 Å². The highest BCUT2D eigenvalue weighted by Crippen LogP contribution is 2.35. The largest absolute Gasteiger partial charge is 0.379 e. The van der Waals surface area contributed by atoms with Crippen molar-refractivity contribution in [2.45, 2.75) is 30.0 Å². The van der Waals surface area contributed by atoms with E-state index in [-0.39, 0.29) is 11.9 Å². The summed E-state index contributed by atoms with van der Waals surface area (Å²) >= 11 is 1.60. The van der Waals surface area contributed by atoms with Crippen LogP contribution in [0.4, 0.5) is 4.39 Å². The molecule has 94 valence electrons. The Morgan fingerprint density at radius 3 is 2.88 bits per heavy atom. The van der Waals surface area contributed by atoms with Crippen LogP contribution < -0.4 is 5.32 Å². The molecule has 1 heterocycles. The first-order valence-electron chi connectivity index (χ1n) is 5.98. The van der Waals surface area contributed by atoms with Crippen LogP contribution >= 0.6 is 11.8 Å². The third kappa shape index (κ3) is 3.00. The van der Waals surface area contributed by atoms with Gasteiger partial charge in [-0.3, -0.25) is 0 Å². The number of hydrogen-bond acceptors (Lipinski definition) is 3. The van der Waals surface area contributed by atoms with Crippen LogP contribution in [0.25, 0.3) is 0 Å². The number of halogens is 1. The van der Waals surface area contributed by atoms with Gasteiger partial charge in [0.15, 0.2) is 0 Å². The molecule has 1 aliphatic heterocycles. The number of thioether (sulfide) groups is 1. The zero-order valence-electron chi connectivity index (χ0n) is 10.2. The third-order valence-electron chi connectivity index (χ3n) is 2.87. The molecule has 4 heteroatoms. The van der Waals surface area contributed by atoms with Crippen molar-refractivity contribution < 1.29 is 9.13 Å². The van der Waals surface area contributed by atoms with Gasteiger partial charge >= 0.3 is 0 Å². The van der Waals surface area contributed by atoms with Gasteiger partial charge < -0.3 is 10.1 Å². The maximum Gasteiger partial charge on any atom is 0.137 e. The van der Waals surface area contributed by atoms with Gasteiger partial charge in [-0.05, 0) is 25.1 Å². The monoisotopic (exact) mass is 255 g/mol. The van der Waals surface area contributed by atoms with Crippen LogP contribution in [0, 0.1) is 5.82 Å². The lowest BCUT2D eigenvalue weighted by Crippen LogP contribution is -2.30. The summed E-state index contributed by atoms with van der Waals surface area (Å²) in [6, 6.07) is 5.49. The smallest absolute Gasteiger partial charge is 0.137 e. The van der Waals surface area contributed by atoms with Gasteiger partial charge in [0, 0.05) is 10.9 Å². The minimum absolute atomic E-state index is 0.121. The normalized spacial score (nSPS) is 17.8. The van der Waals surface area contributed by atoms with Crippen molar-refractivity contribution in [3.05, 3.63) is 29.6 Å². The quantitative estimate of drug-likeness (QED) is 0.874. The van der Waals surface area contributed by atoms with E-state index in [0.717, 1.165) is 30.2 Å². The molecule has 1 unspecified atom stereocenters. The maximum atomic E-state index is 13.9. The zero-order chi connectivity index (χ0) is 12.3. The number of rotatable bonds is 5. The molecule has 1 saturated heterocycles. The van der Waals surface area contributed by atoms with E-state index in [4.69, 9.17) is 4.74 Å². The van der Waals surface area contributed by atoms with E-state index < -0.39 is 0 Å². The Labute approximate surface area is 106 Å². The summed E-state index contributed by atoms with van der Waals surface area (Å²) in [4.78, 5) is 0.772. The van der Waals surface area contributed by atoms with Crippen LogP contribution in [-0.4, -0.2) is 25.0 Å². The van der Waals surface area contributed by atoms with Crippen LogP contribution in [0.5, 0.6) is 0 Å². The number of benzene rings is 1. The first kappa shape index (κ1) is 12.9. The molecule has 0 saturated carbocycles. The highest BCUT2D eigenvalue weighted by molar-refractivity contribution is 8.00. The summed E-state index contributed by atoms with van der Waals surface area (Å²) < 4.78 is 19.0. The second-order valence-electron chi connectivity index (χ2n) is 4.21. The van der Waals surface area contributed by atoms with Gasteiger partial charge in [0.1, 0.15) is 5.82 Å². The van der Waals surface area contributed by atoms with E-state index in [1.54, 1.807) is 17.8 Å². The Morgan fingerprint density at radius 1 is 1.53 bits per heavy atom. The van der Waals surface area contributed by atoms with Crippen LogP contribution in [0.2, 0.25) is 0 Å². The highest BCUT2D eigenvalue weighted by Gasteiger charge is 2.23. The number of nitrogens with one attached hydrogen (secondary N) is 1. The molecule has 2 nitrogen and oxygen atoms in total. The molecule has 0 bridgehead atoms. The summed E-state index contributed by atoms with van der Waals surface area (Å²) in [5, 5.41) is 3.73. The van der Waals surface area contributed by atoms with Crippen LogP contribution in [0.1, 0.15) is 25.5 Å². The lowest BCUT2D eigenvalue weighted by atomic mass is 10.1. The Bertz CT molecular complexity index is 382. The summed E-state index contributed by atoms with van der Waals surface area (Å²) in [5.74, 6) is -0.121. The lowest BCUT2D eigenvalue weighted by molar-refractivity contribution is 0.0454. The predicted octanol–water partition coefficient (Wildman–Crippen LogP) is 2.99. The molecular formula is C13H18FNOS. The van der Waals surface area contributed by atoms with Crippen molar-refractivity contribution >= 4 is 11.8 Å². The lowest BCUT2D eigenvalue weighted by Gasteiger charge is -2.27. The number of hydrogen-bond donors (Lipinski definition) is 1. The fourth-order valence-corrected chi connectivity index (χ4v) is 3.08. The fraction of sp³-hybridized carbons (Fsp3) is 0.538. The minimum atomic E-state index is -0.121. The molecule has 0 spiro atoms. The average Bonchev–Trinajstić information content (AvgIpc) is 2.25. The molecule has 1 atom stereocenters. The molecule has 1 aliphatic rings. The standard InChI is InChI=1S/C13H18FNOS/c1-3-15-9(2)11-5-4-6-12(14)13(11)17-10-7-16-8-10/h4-6,9-10,15H,3,7-8H2,1-2H3. The van der Waals surface area contributed by atoms with Gasteiger partial charge in [-0.2, -0.15) is 0 Å². The van der Waals surface area contributed by atoms with Gasteiger partial charge in [0.25, 0.3) is 0 Å². The summed E-state index contributed by atoms with van der Waals surface area (Å²) in [7, 11) is 0. The summed E-state index contributed by atoms with van der Waals surface area (Å²) in [6.07, 6.45) is 0. The predicted molar refractivity (Wildman–Crippen MR) is 69.0 cm³/mol. The van der Waals surface area contributed by atoms with Gasteiger partial charge in [-0.25, -0.2) is 4.39 Å². The molecule has 0 aromatic heterocycles. The maximum absolute atomic E-state index is 13.9. The molecule has 1 aromatic rings. The first-order chi connectivity index (χ1) is 8.22. The molecule has 1 aromatic carbocycles. The molecule has 0 amide bonds. The average molecular weight is 255 g/mol. The van der Waals surface area contributed by atoms with E-state index in [2.05, 4.69) is 19.2 Å². The van der Waals surface area contributed by atoms with Crippen molar-refractivity contribution in [1.82, 2.24) is 5.32 Å². The molecular weight excluding hydrogens is 237 g/mol. The second kappa shape index (κ2) is 5.85. The molecule has 0 radical (unpaired) electrons. The van der Waals surface area contributed by atoms with Gasteiger partial charge in [-0.1, -0.05) is 19.1 Å². The van der Waals surface area contributed by atoms with E-state index in [9.17, 15) is 4.39 Å². The zero-order valence-corrected chi connectivity index (χ0v) is 11.0. The molecule has 2 rings (SSSR count). The summed E-state index contributed by atoms with van der Waals surface area (Å²) in [6.45, 7) is 6.47. The van der Waals surface area contributed by atoms with Crippen molar-refractivity contribution in [1.29, 1.82) is 0 Å².